The first-order chi connectivity index (χ1) is 20.0. The zero-order valence-electron chi connectivity index (χ0n) is 24.3. The van der Waals surface area contributed by atoms with Gasteiger partial charge >= 0.3 is 5.97 Å². The number of aromatic nitrogens is 2. The molecule has 1 aromatic heterocycles. The summed E-state index contributed by atoms with van der Waals surface area (Å²) in [4.78, 5) is 30.6. The Morgan fingerprint density at radius 1 is 1.07 bits per heavy atom. The molecule has 0 amide bonds. The van der Waals surface area contributed by atoms with Crippen molar-refractivity contribution in [3.8, 4) is 28.6 Å². The lowest BCUT2D eigenvalue weighted by molar-refractivity contribution is -0.147. The van der Waals surface area contributed by atoms with E-state index in [0.717, 1.165) is 22.4 Å². The number of carbonyl (C=O) groups excluding carboxylic acids is 1. The Morgan fingerprint density at radius 3 is 2.40 bits per heavy atom. The third kappa shape index (κ3) is 6.00. The second-order valence-corrected chi connectivity index (χ2v) is 11.0. The SMILES string of the molecule is COC(=O)[C@@H](C)Oc1c(OC)cc(C=Nn2c(-c3cc(C(C)C)c(OC)cc3C)nc3ccccc3c2=O)c(Br)c1Cl. The summed E-state index contributed by atoms with van der Waals surface area (Å²) in [6.45, 7) is 7.62. The second kappa shape index (κ2) is 13.0. The summed E-state index contributed by atoms with van der Waals surface area (Å²) in [6, 6.07) is 12.7. The van der Waals surface area contributed by atoms with E-state index in [0.29, 0.717) is 26.8 Å². The number of rotatable bonds is 9. The molecule has 1 heterocycles. The third-order valence-electron chi connectivity index (χ3n) is 6.71. The summed E-state index contributed by atoms with van der Waals surface area (Å²) >= 11 is 10.1. The van der Waals surface area contributed by atoms with Gasteiger partial charge in [0.2, 0.25) is 0 Å². The molecule has 4 aromatic rings. The fourth-order valence-corrected chi connectivity index (χ4v) is 5.09. The Kier molecular flexibility index (Phi) is 9.58. The molecule has 0 aliphatic carbocycles. The van der Waals surface area contributed by atoms with Crippen molar-refractivity contribution in [2.24, 2.45) is 5.10 Å². The number of hydrogen-bond donors (Lipinski definition) is 0. The zero-order chi connectivity index (χ0) is 30.7. The van der Waals surface area contributed by atoms with Gasteiger partial charge in [-0.3, -0.25) is 4.79 Å². The lowest BCUT2D eigenvalue weighted by Crippen LogP contribution is -2.25. The highest BCUT2D eigenvalue weighted by Gasteiger charge is 2.23. The van der Waals surface area contributed by atoms with Crippen molar-refractivity contribution >= 4 is 50.6 Å². The largest absolute Gasteiger partial charge is 0.496 e. The van der Waals surface area contributed by atoms with Crippen LogP contribution in [0.1, 0.15) is 43.4 Å². The number of carbonyl (C=O) groups is 1. The third-order valence-corrected chi connectivity index (χ3v) is 8.15. The number of nitrogens with zero attached hydrogens (tertiary/aromatic N) is 3. The lowest BCUT2D eigenvalue weighted by atomic mass is 9.96. The van der Waals surface area contributed by atoms with Crippen LogP contribution >= 0.6 is 27.5 Å². The molecule has 42 heavy (non-hydrogen) atoms. The lowest BCUT2D eigenvalue weighted by Gasteiger charge is -2.18. The Morgan fingerprint density at radius 2 is 1.76 bits per heavy atom. The molecule has 220 valence electrons. The number of ether oxygens (including phenoxy) is 4. The number of halogens is 2. The van der Waals surface area contributed by atoms with Gasteiger partial charge in [-0.15, -0.1) is 0 Å². The van der Waals surface area contributed by atoms with E-state index >= 15 is 0 Å². The molecule has 0 bridgehead atoms. The van der Waals surface area contributed by atoms with E-state index in [2.05, 4.69) is 34.9 Å². The van der Waals surface area contributed by atoms with Crippen molar-refractivity contribution in [3.05, 3.63) is 79.0 Å². The summed E-state index contributed by atoms with van der Waals surface area (Å²) < 4.78 is 23.3. The Labute approximate surface area is 257 Å². The molecule has 11 heteroatoms. The Hall–Kier alpha value is -3.89. The molecular weight excluding hydrogens is 626 g/mol. The van der Waals surface area contributed by atoms with Crippen LogP contribution in [0.25, 0.3) is 22.3 Å². The Balaban J connectivity index is 1.92. The summed E-state index contributed by atoms with van der Waals surface area (Å²) in [5.74, 6) is 1.15. The number of fused-ring (bicyclic) bond motifs is 1. The molecule has 0 unspecified atom stereocenters. The van der Waals surface area contributed by atoms with Crippen LogP contribution in [-0.4, -0.2) is 49.3 Å². The van der Waals surface area contributed by atoms with Crippen LogP contribution in [0.15, 0.2) is 56.8 Å². The van der Waals surface area contributed by atoms with E-state index in [-0.39, 0.29) is 28.0 Å². The molecule has 3 aromatic carbocycles. The molecule has 0 N–H and O–H groups in total. The predicted octanol–water partition coefficient (Wildman–Crippen LogP) is 6.75. The molecule has 0 spiro atoms. The van der Waals surface area contributed by atoms with Crippen LogP contribution < -0.4 is 19.8 Å². The van der Waals surface area contributed by atoms with E-state index in [1.165, 1.54) is 32.0 Å². The first kappa shape index (κ1) is 31.1. The average molecular weight is 657 g/mol. The van der Waals surface area contributed by atoms with Crippen molar-refractivity contribution in [2.75, 3.05) is 21.3 Å². The highest BCUT2D eigenvalue weighted by molar-refractivity contribution is 9.10. The Bertz CT molecular complexity index is 1750. The number of hydrogen-bond acceptors (Lipinski definition) is 8. The van der Waals surface area contributed by atoms with Crippen LogP contribution in [-0.2, 0) is 9.53 Å². The highest BCUT2D eigenvalue weighted by Crippen LogP contribution is 2.43. The quantitative estimate of drug-likeness (QED) is 0.145. The molecule has 9 nitrogen and oxygen atoms in total. The fourth-order valence-electron chi connectivity index (χ4n) is 4.44. The fraction of sp³-hybridized carbons (Fsp3) is 0.290. The van der Waals surface area contributed by atoms with Gasteiger partial charge in [0, 0.05) is 15.6 Å². The number of para-hydroxylation sites is 1. The van der Waals surface area contributed by atoms with Gasteiger partial charge in [-0.2, -0.15) is 9.78 Å². The van der Waals surface area contributed by atoms with Crippen molar-refractivity contribution in [2.45, 2.75) is 39.7 Å². The molecule has 0 radical (unpaired) electrons. The van der Waals surface area contributed by atoms with Crippen molar-refractivity contribution in [1.82, 2.24) is 9.66 Å². The van der Waals surface area contributed by atoms with Crippen LogP contribution in [0, 0.1) is 6.92 Å². The van der Waals surface area contributed by atoms with Gasteiger partial charge in [-0.1, -0.05) is 37.6 Å². The van der Waals surface area contributed by atoms with E-state index < -0.39 is 12.1 Å². The van der Waals surface area contributed by atoms with Gasteiger partial charge in [-0.25, -0.2) is 9.78 Å². The van der Waals surface area contributed by atoms with Gasteiger partial charge in [-0.05, 0) is 77.2 Å². The van der Waals surface area contributed by atoms with E-state index in [1.807, 2.05) is 25.1 Å². The smallest absolute Gasteiger partial charge is 0.346 e. The zero-order valence-corrected chi connectivity index (χ0v) is 26.7. The average Bonchev–Trinajstić information content (AvgIpc) is 2.98. The summed E-state index contributed by atoms with van der Waals surface area (Å²) in [6.07, 6.45) is 0.552. The van der Waals surface area contributed by atoms with E-state index in [9.17, 15) is 9.59 Å². The van der Waals surface area contributed by atoms with Crippen LogP contribution in [0.2, 0.25) is 5.02 Å². The van der Waals surface area contributed by atoms with Gasteiger partial charge in [0.05, 0.1) is 38.4 Å². The molecule has 0 fully saturated rings. The van der Waals surface area contributed by atoms with Crippen LogP contribution in [0.5, 0.6) is 17.2 Å². The van der Waals surface area contributed by atoms with Crippen molar-refractivity contribution < 1.29 is 23.7 Å². The maximum absolute atomic E-state index is 13.8. The minimum absolute atomic E-state index is 0.154. The molecule has 1 atom stereocenters. The molecule has 0 aliphatic rings. The van der Waals surface area contributed by atoms with Gasteiger partial charge in [0.15, 0.2) is 23.4 Å². The number of methoxy groups -OCH3 is 3. The maximum Gasteiger partial charge on any atom is 0.346 e. The highest BCUT2D eigenvalue weighted by atomic mass is 79.9. The van der Waals surface area contributed by atoms with Crippen LogP contribution in [0.3, 0.4) is 0 Å². The first-order valence-corrected chi connectivity index (χ1v) is 14.2. The summed E-state index contributed by atoms with van der Waals surface area (Å²) in [5, 5.41) is 5.17. The molecule has 4 rings (SSSR count). The maximum atomic E-state index is 13.8. The monoisotopic (exact) mass is 655 g/mol. The second-order valence-electron chi connectivity index (χ2n) is 9.79. The molecule has 0 saturated carbocycles. The topological polar surface area (TPSA) is 101 Å². The van der Waals surface area contributed by atoms with Crippen molar-refractivity contribution in [1.29, 1.82) is 0 Å². The predicted molar refractivity (Wildman–Crippen MR) is 168 cm³/mol. The summed E-state index contributed by atoms with van der Waals surface area (Å²) in [5.41, 5.74) is 3.30. The number of aryl methyl sites for hydroxylation is 1. The number of esters is 1. The minimum Gasteiger partial charge on any atom is -0.496 e. The van der Waals surface area contributed by atoms with Crippen molar-refractivity contribution in [3.63, 3.8) is 0 Å². The van der Waals surface area contributed by atoms with Gasteiger partial charge in [0.1, 0.15) is 10.8 Å². The number of benzene rings is 3. The minimum atomic E-state index is -0.930. The van der Waals surface area contributed by atoms with Gasteiger partial charge in [0.25, 0.3) is 5.56 Å². The van der Waals surface area contributed by atoms with Crippen LogP contribution in [0.4, 0.5) is 0 Å². The molecule has 0 aliphatic heterocycles. The normalized spacial score (nSPS) is 12.1. The standard InChI is InChI=1S/C31H31BrClN3O6/c1-16(2)21-14-22(17(3)12-24(21)39-5)29-35-23-11-9-8-10-20(23)30(37)36(29)34-15-19-13-25(40-6)28(27(33)26(19)32)42-18(4)31(38)41-7/h8-16,18H,1-7H3/t18-/m1/s1. The summed E-state index contributed by atoms with van der Waals surface area (Å²) in [7, 11) is 4.36. The van der Waals surface area contributed by atoms with E-state index in [1.54, 1.807) is 31.4 Å². The molecular formula is C31H31BrClN3O6. The van der Waals surface area contributed by atoms with Gasteiger partial charge < -0.3 is 18.9 Å². The first-order valence-electron chi connectivity index (χ1n) is 13.1. The molecule has 0 saturated heterocycles. The van der Waals surface area contributed by atoms with E-state index in [4.69, 9.17) is 35.5 Å².